The van der Waals surface area contributed by atoms with E-state index in [4.69, 9.17) is 0 Å². The number of nitrogens with zero attached hydrogens (tertiary/aromatic N) is 3. The second-order valence-electron chi connectivity index (χ2n) is 7.48. The Bertz CT molecular complexity index is 1050. The van der Waals surface area contributed by atoms with Crippen molar-refractivity contribution in [2.24, 2.45) is 5.92 Å². The van der Waals surface area contributed by atoms with Crippen LogP contribution in [0.15, 0.2) is 41.5 Å². The first-order valence-electron chi connectivity index (χ1n) is 9.90. The number of fused-ring (bicyclic) bond motifs is 1. The molecule has 0 N–H and O–H groups in total. The summed E-state index contributed by atoms with van der Waals surface area (Å²) < 4.78 is 1.75. The van der Waals surface area contributed by atoms with Crippen molar-refractivity contribution in [1.29, 1.82) is 0 Å². The third-order valence-electron chi connectivity index (χ3n) is 5.55. The Morgan fingerprint density at radius 3 is 2.79 bits per heavy atom. The van der Waals surface area contributed by atoms with Crippen LogP contribution in [0.25, 0.3) is 21.3 Å². The standard InChI is InChI=1S/C22H25N3O2S/c1-3-18-19(17-9-5-4-6-10-17)20-21(28-18)23-14-25(22(20)27)13-16-8-7-11-24(12-16)15(2)26/h4-6,9-10,14,16H,3,7-8,11-13H2,1-2H3. The van der Waals surface area contributed by atoms with Crippen LogP contribution >= 0.6 is 11.3 Å². The van der Waals surface area contributed by atoms with E-state index in [2.05, 4.69) is 24.0 Å². The normalized spacial score (nSPS) is 17.2. The lowest BCUT2D eigenvalue weighted by atomic mass is 9.97. The Morgan fingerprint density at radius 2 is 2.07 bits per heavy atom. The number of rotatable bonds is 4. The van der Waals surface area contributed by atoms with Crippen LogP contribution in [0.2, 0.25) is 0 Å². The van der Waals surface area contributed by atoms with Gasteiger partial charge in [0.1, 0.15) is 4.83 Å². The number of amides is 1. The van der Waals surface area contributed by atoms with Crippen molar-refractivity contribution in [2.45, 2.75) is 39.7 Å². The Kier molecular flexibility index (Phi) is 5.31. The molecule has 6 heteroatoms. The van der Waals surface area contributed by atoms with E-state index in [1.54, 1.807) is 29.2 Å². The van der Waals surface area contributed by atoms with Gasteiger partial charge in [-0.25, -0.2) is 4.98 Å². The van der Waals surface area contributed by atoms with Crippen LogP contribution in [-0.4, -0.2) is 33.4 Å². The Labute approximate surface area is 168 Å². The molecular weight excluding hydrogens is 370 g/mol. The molecule has 3 heterocycles. The molecule has 2 aromatic heterocycles. The van der Waals surface area contributed by atoms with Gasteiger partial charge in [-0.3, -0.25) is 14.2 Å². The van der Waals surface area contributed by atoms with E-state index in [1.807, 2.05) is 23.1 Å². The highest BCUT2D eigenvalue weighted by Gasteiger charge is 2.23. The molecule has 0 saturated carbocycles. The van der Waals surface area contributed by atoms with Gasteiger partial charge in [-0.2, -0.15) is 0 Å². The van der Waals surface area contributed by atoms with Crippen molar-refractivity contribution in [2.75, 3.05) is 13.1 Å². The summed E-state index contributed by atoms with van der Waals surface area (Å²) in [5.74, 6) is 0.404. The number of benzene rings is 1. The van der Waals surface area contributed by atoms with Gasteiger partial charge >= 0.3 is 0 Å². The van der Waals surface area contributed by atoms with E-state index in [-0.39, 0.29) is 11.5 Å². The average Bonchev–Trinajstić information content (AvgIpc) is 3.10. The van der Waals surface area contributed by atoms with Crippen molar-refractivity contribution in [1.82, 2.24) is 14.5 Å². The first-order chi connectivity index (χ1) is 13.6. The molecule has 1 atom stereocenters. The van der Waals surface area contributed by atoms with Crippen LogP contribution in [0.3, 0.4) is 0 Å². The predicted molar refractivity (Wildman–Crippen MR) is 114 cm³/mol. The van der Waals surface area contributed by atoms with Gasteiger partial charge in [0, 0.05) is 37.0 Å². The van der Waals surface area contributed by atoms with Crippen LogP contribution in [0.1, 0.15) is 31.6 Å². The summed E-state index contributed by atoms with van der Waals surface area (Å²) in [4.78, 5) is 33.6. The molecule has 146 valence electrons. The molecule has 1 amide bonds. The smallest absolute Gasteiger partial charge is 0.262 e. The summed E-state index contributed by atoms with van der Waals surface area (Å²) in [6.07, 6.45) is 4.58. The van der Waals surface area contributed by atoms with Crippen molar-refractivity contribution < 1.29 is 4.79 Å². The molecule has 0 aliphatic carbocycles. The number of likely N-dealkylation sites (tertiary alicyclic amines) is 1. The highest BCUT2D eigenvalue weighted by molar-refractivity contribution is 7.19. The monoisotopic (exact) mass is 395 g/mol. The van der Waals surface area contributed by atoms with Gasteiger partial charge in [0.15, 0.2) is 0 Å². The number of carbonyl (C=O) groups excluding carboxylic acids is 1. The van der Waals surface area contributed by atoms with E-state index >= 15 is 0 Å². The fourth-order valence-electron chi connectivity index (χ4n) is 4.14. The second kappa shape index (κ2) is 7.87. The zero-order valence-electron chi connectivity index (χ0n) is 16.4. The minimum atomic E-state index is 0.0275. The number of hydrogen-bond donors (Lipinski definition) is 0. The van der Waals surface area contributed by atoms with Gasteiger partial charge < -0.3 is 4.90 Å². The Hall–Kier alpha value is -2.47. The van der Waals surface area contributed by atoms with Crippen LogP contribution < -0.4 is 5.56 Å². The van der Waals surface area contributed by atoms with Crippen LogP contribution in [-0.2, 0) is 17.8 Å². The van der Waals surface area contributed by atoms with Crippen molar-refractivity contribution in [3.63, 3.8) is 0 Å². The molecule has 0 bridgehead atoms. The second-order valence-corrected chi connectivity index (χ2v) is 8.56. The summed E-state index contributed by atoms with van der Waals surface area (Å²) in [7, 11) is 0. The largest absolute Gasteiger partial charge is 0.343 e. The molecule has 0 radical (unpaired) electrons. The number of thiophene rings is 1. The van der Waals surface area contributed by atoms with E-state index in [0.717, 1.165) is 53.7 Å². The Morgan fingerprint density at radius 1 is 1.29 bits per heavy atom. The SMILES string of the molecule is CCc1sc2ncn(CC3CCCN(C(C)=O)C3)c(=O)c2c1-c1ccccc1. The molecule has 5 nitrogen and oxygen atoms in total. The number of carbonyl (C=O) groups is 1. The predicted octanol–water partition coefficient (Wildman–Crippen LogP) is 3.95. The molecule has 28 heavy (non-hydrogen) atoms. The molecule has 1 saturated heterocycles. The first kappa shape index (κ1) is 18.9. The van der Waals surface area contributed by atoms with E-state index in [1.165, 1.54) is 4.88 Å². The summed E-state index contributed by atoms with van der Waals surface area (Å²) in [6.45, 7) is 5.88. The van der Waals surface area contributed by atoms with E-state index in [0.29, 0.717) is 12.5 Å². The molecule has 1 aliphatic heterocycles. The number of hydrogen-bond acceptors (Lipinski definition) is 4. The zero-order valence-corrected chi connectivity index (χ0v) is 17.2. The van der Waals surface area contributed by atoms with Gasteiger partial charge in [-0.05, 0) is 30.7 Å². The molecule has 4 rings (SSSR count). The quantitative estimate of drug-likeness (QED) is 0.672. The first-order valence-corrected chi connectivity index (χ1v) is 10.7. The maximum Gasteiger partial charge on any atom is 0.262 e. The number of aromatic nitrogens is 2. The summed E-state index contributed by atoms with van der Waals surface area (Å²) in [5.41, 5.74) is 2.13. The minimum absolute atomic E-state index is 0.0275. The average molecular weight is 396 g/mol. The fraction of sp³-hybridized carbons (Fsp3) is 0.409. The van der Waals surface area contributed by atoms with Crippen LogP contribution in [0, 0.1) is 5.92 Å². The molecule has 1 unspecified atom stereocenters. The van der Waals surface area contributed by atoms with E-state index < -0.39 is 0 Å². The van der Waals surface area contributed by atoms with Gasteiger partial charge in [0.25, 0.3) is 5.56 Å². The lowest BCUT2D eigenvalue weighted by molar-refractivity contribution is -0.130. The maximum absolute atomic E-state index is 13.4. The third kappa shape index (κ3) is 3.49. The Balaban J connectivity index is 1.74. The third-order valence-corrected chi connectivity index (χ3v) is 6.80. The molecule has 1 aliphatic rings. The maximum atomic E-state index is 13.4. The zero-order chi connectivity index (χ0) is 19.7. The summed E-state index contributed by atoms with van der Waals surface area (Å²) in [6, 6.07) is 10.1. The molecule has 1 fully saturated rings. The van der Waals surface area contributed by atoms with Crippen LogP contribution in [0.5, 0.6) is 0 Å². The van der Waals surface area contributed by atoms with Gasteiger partial charge in [-0.1, -0.05) is 37.3 Å². The van der Waals surface area contributed by atoms with Crippen molar-refractivity contribution >= 4 is 27.5 Å². The molecular formula is C22H25N3O2S. The number of piperidine rings is 1. The van der Waals surface area contributed by atoms with Crippen molar-refractivity contribution in [3.8, 4) is 11.1 Å². The van der Waals surface area contributed by atoms with Gasteiger partial charge in [0.2, 0.25) is 5.91 Å². The number of aryl methyl sites for hydroxylation is 1. The minimum Gasteiger partial charge on any atom is -0.343 e. The van der Waals surface area contributed by atoms with E-state index in [9.17, 15) is 9.59 Å². The lowest BCUT2D eigenvalue weighted by Gasteiger charge is -2.32. The van der Waals surface area contributed by atoms with Gasteiger partial charge in [-0.15, -0.1) is 11.3 Å². The summed E-state index contributed by atoms with van der Waals surface area (Å²) >= 11 is 1.61. The topological polar surface area (TPSA) is 55.2 Å². The van der Waals surface area contributed by atoms with Gasteiger partial charge in [0.05, 0.1) is 11.7 Å². The highest BCUT2D eigenvalue weighted by Crippen LogP contribution is 2.36. The fourth-order valence-corrected chi connectivity index (χ4v) is 5.23. The molecule has 3 aromatic rings. The van der Waals surface area contributed by atoms with Crippen LogP contribution in [0.4, 0.5) is 0 Å². The highest BCUT2D eigenvalue weighted by atomic mass is 32.1. The van der Waals surface area contributed by atoms with Crippen molar-refractivity contribution in [3.05, 3.63) is 51.9 Å². The summed E-state index contributed by atoms with van der Waals surface area (Å²) in [5, 5.41) is 0.731. The lowest BCUT2D eigenvalue weighted by Crippen LogP contribution is -2.40. The molecule has 1 aromatic carbocycles. The molecule has 0 spiro atoms.